The van der Waals surface area contributed by atoms with Crippen LogP contribution in [0.25, 0.3) is 0 Å². The standard InChI is InChI=1S/C15H23BrN2O/c1-3-17-9-12-4-5-13(8-14(12)16)18-7-6-11(2)15(19)10-18/h4-5,8,11,15,17,19H,3,6-7,9-10H2,1-2H3. The van der Waals surface area contributed by atoms with Crippen LogP contribution in [0.15, 0.2) is 22.7 Å². The zero-order valence-corrected chi connectivity index (χ0v) is 13.3. The molecule has 1 heterocycles. The molecule has 1 aliphatic rings. The number of benzene rings is 1. The lowest BCUT2D eigenvalue weighted by Gasteiger charge is -2.36. The highest BCUT2D eigenvalue weighted by molar-refractivity contribution is 9.10. The number of rotatable bonds is 4. The molecule has 3 nitrogen and oxygen atoms in total. The van der Waals surface area contributed by atoms with Crippen molar-refractivity contribution in [3.8, 4) is 0 Å². The third kappa shape index (κ3) is 3.71. The van der Waals surface area contributed by atoms with E-state index in [4.69, 9.17) is 0 Å². The summed E-state index contributed by atoms with van der Waals surface area (Å²) in [6.07, 6.45) is 0.840. The van der Waals surface area contributed by atoms with E-state index in [1.807, 2.05) is 0 Å². The number of anilines is 1. The van der Waals surface area contributed by atoms with Crippen LogP contribution in [-0.4, -0.2) is 30.8 Å². The number of hydrogen-bond donors (Lipinski definition) is 2. The number of aliphatic hydroxyl groups is 1. The Kier molecular flexibility index (Phi) is 5.25. The molecule has 4 heteroatoms. The molecule has 0 aliphatic carbocycles. The Labute approximate surface area is 124 Å². The Bertz CT molecular complexity index is 425. The summed E-state index contributed by atoms with van der Waals surface area (Å²) in [5.74, 6) is 0.410. The molecule has 0 saturated carbocycles. The van der Waals surface area contributed by atoms with Crippen LogP contribution >= 0.6 is 15.9 Å². The zero-order chi connectivity index (χ0) is 13.8. The Morgan fingerprint density at radius 1 is 1.47 bits per heavy atom. The summed E-state index contributed by atoms with van der Waals surface area (Å²) in [5, 5.41) is 13.3. The molecule has 1 aromatic carbocycles. The predicted octanol–water partition coefficient (Wildman–Crippen LogP) is 2.77. The quantitative estimate of drug-likeness (QED) is 0.893. The van der Waals surface area contributed by atoms with Gasteiger partial charge in [0.05, 0.1) is 6.10 Å². The monoisotopic (exact) mass is 326 g/mol. The van der Waals surface area contributed by atoms with Gasteiger partial charge in [-0.3, -0.25) is 0 Å². The Hall–Kier alpha value is -0.580. The average Bonchev–Trinajstić information content (AvgIpc) is 2.40. The molecule has 2 unspecified atom stereocenters. The van der Waals surface area contributed by atoms with Gasteiger partial charge in [0.2, 0.25) is 0 Å². The first kappa shape index (κ1) is 14.8. The SMILES string of the molecule is CCNCc1ccc(N2CCC(C)C(O)C2)cc1Br. The maximum atomic E-state index is 9.99. The number of aliphatic hydroxyl groups excluding tert-OH is 1. The van der Waals surface area contributed by atoms with Crippen LogP contribution in [0.2, 0.25) is 0 Å². The number of nitrogens with one attached hydrogen (secondary N) is 1. The van der Waals surface area contributed by atoms with Crippen molar-refractivity contribution >= 4 is 21.6 Å². The number of piperidine rings is 1. The van der Waals surface area contributed by atoms with E-state index >= 15 is 0 Å². The number of halogens is 1. The molecule has 0 amide bonds. The smallest absolute Gasteiger partial charge is 0.0741 e. The van der Waals surface area contributed by atoms with Crippen LogP contribution in [0.1, 0.15) is 25.8 Å². The molecule has 2 atom stereocenters. The fourth-order valence-corrected chi connectivity index (χ4v) is 2.93. The average molecular weight is 327 g/mol. The molecule has 2 N–H and O–H groups in total. The van der Waals surface area contributed by atoms with Gasteiger partial charge in [-0.15, -0.1) is 0 Å². The first-order valence-electron chi connectivity index (χ1n) is 7.04. The van der Waals surface area contributed by atoms with Crippen LogP contribution in [0.5, 0.6) is 0 Å². The minimum absolute atomic E-state index is 0.214. The Morgan fingerprint density at radius 3 is 2.89 bits per heavy atom. The minimum Gasteiger partial charge on any atom is -0.391 e. The predicted molar refractivity (Wildman–Crippen MR) is 83.5 cm³/mol. The van der Waals surface area contributed by atoms with Crippen LogP contribution in [0.4, 0.5) is 5.69 Å². The van der Waals surface area contributed by atoms with E-state index in [0.717, 1.165) is 37.1 Å². The van der Waals surface area contributed by atoms with Crippen molar-refractivity contribution < 1.29 is 5.11 Å². The lowest BCUT2D eigenvalue weighted by Crippen LogP contribution is -2.42. The molecule has 1 aliphatic heterocycles. The molecule has 1 aromatic rings. The summed E-state index contributed by atoms with van der Waals surface area (Å²) < 4.78 is 1.14. The van der Waals surface area contributed by atoms with Crippen LogP contribution in [0.3, 0.4) is 0 Å². The zero-order valence-electron chi connectivity index (χ0n) is 11.7. The van der Waals surface area contributed by atoms with Crippen molar-refractivity contribution in [3.63, 3.8) is 0 Å². The van der Waals surface area contributed by atoms with E-state index in [1.165, 1.54) is 11.3 Å². The fraction of sp³-hybridized carbons (Fsp3) is 0.600. The second-order valence-electron chi connectivity index (χ2n) is 5.34. The highest BCUT2D eigenvalue weighted by atomic mass is 79.9. The highest BCUT2D eigenvalue weighted by Crippen LogP contribution is 2.27. The van der Waals surface area contributed by atoms with Crippen molar-refractivity contribution in [1.29, 1.82) is 0 Å². The maximum absolute atomic E-state index is 9.99. The summed E-state index contributed by atoms with van der Waals surface area (Å²) in [6, 6.07) is 6.47. The summed E-state index contributed by atoms with van der Waals surface area (Å²) in [6.45, 7) is 7.86. The van der Waals surface area contributed by atoms with E-state index < -0.39 is 0 Å². The van der Waals surface area contributed by atoms with E-state index in [9.17, 15) is 5.11 Å². The molecule has 2 rings (SSSR count). The highest BCUT2D eigenvalue weighted by Gasteiger charge is 2.24. The van der Waals surface area contributed by atoms with Crippen molar-refractivity contribution in [1.82, 2.24) is 5.32 Å². The normalized spacial score (nSPS) is 23.7. The third-order valence-electron chi connectivity index (χ3n) is 3.89. The molecule has 0 bridgehead atoms. The second kappa shape index (κ2) is 6.73. The van der Waals surface area contributed by atoms with Crippen molar-refractivity contribution in [2.75, 3.05) is 24.5 Å². The number of hydrogen-bond acceptors (Lipinski definition) is 3. The Morgan fingerprint density at radius 2 is 2.26 bits per heavy atom. The molecule has 0 aromatic heterocycles. The first-order valence-corrected chi connectivity index (χ1v) is 7.83. The van der Waals surface area contributed by atoms with E-state index in [-0.39, 0.29) is 6.10 Å². The van der Waals surface area contributed by atoms with Crippen LogP contribution in [0, 0.1) is 5.92 Å². The van der Waals surface area contributed by atoms with Gasteiger partial charge in [0, 0.05) is 29.8 Å². The van der Waals surface area contributed by atoms with E-state index in [1.54, 1.807) is 0 Å². The largest absolute Gasteiger partial charge is 0.391 e. The number of β-amino-alcohol motifs (C(OH)–C–C–N with tert-alkyl or cyclic N) is 1. The van der Waals surface area contributed by atoms with Gasteiger partial charge in [0.1, 0.15) is 0 Å². The van der Waals surface area contributed by atoms with Gasteiger partial charge in [-0.25, -0.2) is 0 Å². The second-order valence-corrected chi connectivity index (χ2v) is 6.19. The summed E-state index contributed by atoms with van der Waals surface area (Å²) >= 11 is 3.64. The van der Waals surface area contributed by atoms with Crippen molar-refractivity contribution in [2.45, 2.75) is 32.9 Å². The van der Waals surface area contributed by atoms with Crippen LogP contribution < -0.4 is 10.2 Å². The molecule has 106 valence electrons. The van der Waals surface area contributed by atoms with Gasteiger partial charge in [0.25, 0.3) is 0 Å². The summed E-state index contributed by atoms with van der Waals surface area (Å²) in [5.41, 5.74) is 2.47. The summed E-state index contributed by atoms with van der Waals surface area (Å²) in [4.78, 5) is 2.27. The van der Waals surface area contributed by atoms with Crippen molar-refractivity contribution in [3.05, 3.63) is 28.2 Å². The lowest BCUT2D eigenvalue weighted by molar-refractivity contribution is 0.103. The van der Waals surface area contributed by atoms with Gasteiger partial charge in [-0.1, -0.05) is 35.8 Å². The summed E-state index contributed by atoms with van der Waals surface area (Å²) in [7, 11) is 0. The van der Waals surface area contributed by atoms with Crippen LogP contribution in [-0.2, 0) is 6.54 Å². The Balaban J connectivity index is 2.07. The molecule has 0 radical (unpaired) electrons. The van der Waals surface area contributed by atoms with Gasteiger partial charge in [0.15, 0.2) is 0 Å². The molecule has 1 fully saturated rings. The van der Waals surface area contributed by atoms with Gasteiger partial charge in [-0.05, 0) is 36.6 Å². The molecule has 1 saturated heterocycles. The molecule has 19 heavy (non-hydrogen) atoms. The lowest BCUT2D eigenvalue weighted by atomic mass is 9.95. The minimum atomic E-state index is -0.214. The van der Waals surface area contributed by atoms with E-state index in [0.29, 0.717) is 5.92 Å². The van der Waals surface area contributed by atoms with Gasteiger partial charge in [-0.2, -0.15) is 0 Å². The first-order chi connectivity index (χ1) is 9.11. The fourth-order valence-electron chi connectivity index (χ4n) is 2.42. The third-order valence-corrected chi connectivity index (χ3v) is 4.62. The molecular weight excluding hydrogens is 304 g/mol. The van der Waals surface area contributed by atoms with Crippen molar-refractivity contribution in [2.24, 2.45) is 5.92 Å². The van der Waals surface area contributed by atoms with Gasteiger partial charge < -0.3 is 15.3 Å². The topological polar surface area (TPSA) is 35.5 Å². The van der Waals surface area contributed by atoms with E-state index in [2.05, 4.69) is 58.2 Å². The maximum Gasteiger partial charge on any atom is 0.0741 e. The molecule has 0 spiro atoms. The molecular formula is C15H23BrN2O. The number of nitrogens with zero attached hydrogens (tertiary/aromatic N) is 1. The van der Waals surface area contributed by atoms with Gasteiger partial charge >= 0.3 is 0 Å².